The molecule has 0 saturated carbocycles. The van der Waals surface area contributed by atoms with Crippen LogP contribution >= 0.6 is 0 Å². The molecule has 2 amide bonds. The number of rotatable bonds is 6. The molecule has 156 valence electrons. The standard InChI is InChI=1S/C25H23N3O3/c1-30-19-7-5-6-17(14-19)20-11-10-18(22-16-26-13-12-21(20)22)15-27-25(29)28-23-8-3-4-9-24(23)31-2/h3-14,16H,15H2,1-2H3,(H2,27,28,29). The molecule has 31 heavy (non-hydrogen) atoms. The zero-order valence-electron chi connectivity index (χ0n) is 17.4. The smallest absolute Gasteiger partial charge is 0.319 e. The third-order valence-corrected chi connectivity index (χ3v) is 5.08. The molecule has 0 unspecified atom stereocenters. The first-order chi connectivity index (χ1) is 15.2. The maximum absolute atomic E-state index is 12.4. The van der Waals surface area contributed by atoms with Crippen LogP contribution in [0.2, 0.25) is 0 Å². The highest BCUT2D eigenvalue weighted by molar-refractivity contribution is 5.98. The minimum atomic E-state index is -0.307. The summed E-state index contributed by atoms with van der Waals surface area (Å²) in [4.78, 5) is 16.7. The minimum Gasteiger partial charge on any atom is -0.497 e. The molecule has 4 aromatic rings. The van der Waals surface area contributed by atoms with Gasteiger partial charge >= 0.3 is 6.03 Å². The molecule has 0 aliphatic rings. The molecule has 0 radical (unpaired) electrons. The summed E-state index contributed by atoms with van der Waals surface area (Å²) in [6.45, 7) is 0.363. The Bertz CT molecular complexity index is 1220. The lowest BCUT2D eigenvalue weighted by Crippen LogP contribution is -2.28. The third-order valence-electron chi connectivity index (χ3n) is 5.08. The number of methoxy groups -OCH3 is 2. The van der Waals surface area contributed by atoms with Crippen LogP contribution in [0.1, 0.15) is 5.56 Å². The van der Waals surface area contributed by atoms with E-state index >= 15 is 0 Å². The second-order valence-corrected chi connectivity index (χ2v) is 6.93. The maximum Gasteiger partial charge on any atom is 0.319 e. The van der Waals surface area contributed by atoms with Gasteiger partial charge in [0.25, 0.3) is 0 Å². The Labute approximate surface area is 180 Å². The van der Waals surface area contributed by atoms with Crippen LogP contribution in [0.3, 0.4) is 0 Å². The van der Waals surface area contributed by atoms with Gasteiger partial charge in [-0.3, -0.25) is 4.98 Å². The molecule has 0 bridgehead atoms. The number of fused-ring (bicyclic) bond motifs is 1. The van der Waals surface area contributed by atoms with E-state index in [0.717, 1.165) is 33.2 Å². The first-order valence-corrected chi connectivity index (χ1v) is 9.87. The van der Waals surface area contributed by atoms with E-state index in [1.54, 1.807) is 32.5 Å². The Hall–Kier alpha value is -4.06. The van der Waals surface area contributed by atoms with Crippen LogP contribution in [-0.2, 0) is 6.54 Å². The van der Waals surface area contributed by atoms with E-state index in [2.05, 4.69) is 27.8 Å². The van der Waals surface area contributed by atoms with E-state index in [0.29, 0.717) is 18.0 Å². The lowest BCUT2D eigenvalue weighted by atomic mass is 9.96. The SMILES string of the molecule is COc1cccc(-c2ccc(CNC(=O)Nc3ccccc3OC)c3cnccc23)c1. The van der Waals surface area contributed by atoms with E-state index in [9.17, 15) is 4.79 Å². The van der Waals surface area contributed by atoms with Gasteiger partial charge in [0.2, 0.25) is 0 Å². The van der Waals surface area contributed by atoms with E-state index in [-0.39, 0.29) is 6.03 Å². The zero-order chi connectivity index (χ0) is 21.6. The van der Waals surface area contributed by atoms with Crippen LogP contribution in [0.25, 0.3) is 21.9 Å². The monoisotopic (exact) mass is 413 g/mol. The van der Waals surface area contributed by atoms with Crippen molar-refractivity contribution >= 4 is 22.5 Å². The topological polar surface area (TPSA) is 72.5 Å². The van der Waals surface area contributed by atoms with Crippen molar-refractivity contribution < 1.29 is 14.3 Å². The van der Waals surface area contributed by atoms with E-state index < -0.39 is 0 Å². The quantitative estimate of drug-likeness (QED) is 0.453. The van der Waals surface area contributed by atoms with Crippen molar-refractivity contribution in [1.29, 1.82) is 0 Å². The molecule has 6 nitrogen and oxygen atoms in total. The Balaban J connectivity index is 1.57. The number of aromatic nitrogens is 1. The third kappa shape index (κ3) is 4.43. The highest BCUT2D eigenvalue weighted by Gasteiger charge is 2.11. The first-order valence-electron chi connectivity index (χ1n) is 9.87. The number of para-hydroxylation sites is 2. The number of amides is 2. The summed E-state index contributed by atoms with van der Waals surface area (Å²) in [5, 5.41) is 7.79. The predicted molar refractivity (Wildman–Crippen MR) is 123 cm³/mol. The molecule has 0 atom stereocenters. The molecular formula is C25H23N3O3. The predicted octanol–water partition coefficient (Wildman–Crippen LogP) is 5.24. The van der Waals surface area contributed by atoms with Gasteiger partial charge < -0.3 is 20.1 Å². The summed E-state index contributed by atoms with van der Waals surface area (Å²) >= 11 is 0. The lowest BCUT2D eigenvalue weighted by molar-refractivity contribution is 0.251. The molecule has 0 aliphatic carbocycles. The Kier molecular flexibility index (Phi) is 5.98. The lowest BCUT2D eigenvalue weighted by Gasteiger charge is -2.14. The number of nitrogens with zero attached hydrogens (tertiary/aromatic N) is 1. The molecule has 2 N–H and O–H groups in total. The van der Waals surface area contributed by atoms with Crippen LogP contribution < -0.4 is 20.1 Å². The van der Waals surface area contributed by atoms with E-state index in [4.69, 9.17) is 9.47 Å². The largest absolute Gasteiger partial charge is 0.497 e. The minimum absolute atomic E-state index is 0.307. The van der Waals surface area contributed by atoms with Crippen LogP contribution in [-0.4, -0.2) is 25.2 Å². The van der Waals surface area contributed by atoms with E-state index in [1.165, 1.54) is 0 Å². The summed E-state index contributed by atoms with van der Waals surface area (Å²) in [5.74, 6) is 1.41. The van der Waals surface area contributed by atoms with Crippen molar-refractivity contribution in [3.05, 3.63) is 84.7 Å². The van der Waals surface area contributed by atoms with Crippen molar-refractivity contribution in [2.24, 2.45) is 0 Å². The van der Waals surface area contributed by atoms with Crippen LogP contribution in [0.15, 0.2) is 79.1 Å². The zero-order valence-corrected chi connectivity index (χ0v) is 17.4. The Morgan fingerprint density at radius 3 is 2.65 bits per heavy atom. The molecule has 0 saturated heterocycles. The summed E-state index contributed by atoms with van der Waals surface area (Å²) in [6, 6.07) is 21.0. The van der Waals surface area contributed by atoms with Gasteiger partial charge in [0.1, 0.15) is 11.5 Å². The summed E-state index contributed by atoms with van der Waals surface area (Å²) < 4.78 is 10.6. The van der Waals surface area contributed by atoms with Gasteiger partial charge in [-0.25, -0.2) is 4.79 Å². The van der Waals surface area contributed by atoms with E-state index in [1.807, 2.05) is 48.7 Å². The van der Waals surface area contributed by atoms with Crippen LogP contribution in [0.5, 0.6) is 11.5 Å². The molecular weight excluding hydrogens is 390 g/mol. The van der Waals surface area contributed by atoms with Gasteiger partial charge in [0, 0.05) is 24.3 Å². The molecule has 0 fully saturated rings. The number of anilines is 1. The number of hydrogen-bond acceptors (Lipinski definition) is 4. The van der Waals surface area contributed by atoms with Gasteiger partial charge in [-0.15, -0.1) is 0 Å². The van der Waals surface area contributed by atoms with Gasteiger partial charge in [-0.1, -0.05) is 36.4 Å². The number of hydrogen-bond donors (Lipinski definition) is 2. The van der Waals surface area contributed by atoms with Crippen molar-refractivity contribution in [2.75, 3.05) is 19.5 Å². The molecule has 4 rings (SSSR count). The number of carbonyl (C=O) groups excluding carboxylic acids is 1. The molecule has 6 heteroatoms. The molecule has 3 aromatic carbocycles. The van der Waals surface area contributed by atoms with Crippen molar-refractivity contribution in [3.63, 3.8) is 0 Å². The highest BCUT2D eigenvalue weighted by Crippen LogP contribution is 2.32. The molecule has 1 heterocycles. The number of carbonyl (C=O) groups is 1. The average Bonchev–Trinajstić information content (AvgIpc) is 2.83. The second kappa shape index (κ2) is 9.17. The average molecular weight is 413 g/mol. The summed E-state index contributed by atoms with van der Waals surface area (Å²) in [5.41, 5.74) is 3.73. The Morgan fingerprint density at radius 1 is 0.935 bits per heavy atom. The fraction of sp³-hybridized carbons (Fsp3) is 0.120. The normalized spacial score (nSPS) is 10.5. The van der Waals surface area contributed by atoms with Crippen LogP contribution in [0.4, 0.5) is 10.5 Å². The number of urea groups is 1. The Morgan fingerprint density at radius 2 is 1.81 bits per heavy atom. The van der Waals surface area contributed by atoms with Crippen molar-refractivity contribution in [2.45, 2.75) is 6.54 Å². The fourth-order valence-corrected chi connectivity index (χ4v) is 3.54. The van der Waals surface area contributed by atoms with Crippen molar-refractivity contribution in [1.82, 2.24) is 10.3 Å². The molecule has 0 spiro atoms. The van der Waals surface area contributed by atoms with Gasteiger partial charge in [-0.05, 0) is 52.4 Å². The number of ether oxygens (including phenoxy) is 2. The van der Waals surface area contributed by atoms with Gasteiger partial charge in [-0.2, -0.15) is 0 Å². The van der Waals surface area contributed by atoms with Crippen LogP contribution in [0, 0.1) is 0 Å². The fourth-order valence-electron chi connectivity index (χ4n) is 3.54. The summed E-state index contributed by atoms with van der Waals surface area (Å²) in [6.07, 6.45) is 3.60. The summed E-state index contributed by atoms with van der Waals surface area (Å²) in [7, 11) is 3.23. The highest BCUT2D eigenvalue weighted by atomic mass is 16.5. The van der Waals surface area contributed by atoms with Gasteiger partial charge in [0.05, 0.1) is 19.9 Å². The molecule has 1 aromatic heterocycles. The maximum atomic E-state index is 12.4. The number of pyridine rings is 1. The first kappa shape index (κ1) is 20.2. The number of benzene rings is 3. The van der Waals surface area contributed by atoms with Gasteiger partial charge in [0.15, 0.2) is 0 Å². The molecule has 0 aliphatic heterocycles. The van der Waals surface area contributed by atoms with Crippen molar-refractivity contribution in [3.8, 4) is 22.6 Å². The number of nitrogens with one attached hydrogen (secondary N) is 2. The second-order valence-electron chi connectivity index (χ2n) is 6.93.